The van der Waals surface area contributed by atoms with Gasteiger partial charge in [-0.3, -0.25) is 10.7 Å². The molecule has 2 aromatic rings. The summed E-state index contributed by atoms with van der Waals surface area (Å²) in [4.78, 5) is 0. The van der Waals surface area contributed by atoms with Gasteiger partial charge in [0.15, 0.2) is 0 Å². The van der Waals surface area contributed by atoms with E-state index in [9.17, 15) is 0 Å². The summed E-state index contributed by atoms with van der Waals surface area (Å²) in [5.41, 5.74) is 8.59. The fourth-order valence-electron chi connectivity index (χ4n) is 3.45. The monoisotopic (exact) mass is 428 g/mol. The van der Waals surface area contributed by atoms with E-state index in [1.165, 1.54) is 22.3 Å². The van der Waals surface area contributed by atoms with Crippen LogP contribution in [0.3, 0.4) is 0 Å². The highest BCUT2D eigenvalue weighted by atomic mass is 16.5. The van der Waals surface area contributed by atoms with Crippen LogP contribution in [0.4, 0.5) is 0 Å². The average molecular weight is 429 g/mol. The van der Waals surface area contributed by atoms with Crippen LogP contribution in [-0.4, -0.2) is 18.4 Å². The summed E-state index contributed by atoms with van der Waals surface area (Å²) in [6, 6.07) is 16.7. The topological polar surface area (TPSA) is 53.5 Å². The van der Waals surface area contributed by atoms with Crippen LogP contribution in [0.5, 0.6) is 5.75 Å². The summed E-state index contributed by atoms with van der Waals surface area (Å²) < 4.78 is 5.98. The standard InChI is InChI=1S/C28H32N2O2/c1-3-26(27-9-6-10-28(19-27)32-21-25-7-4-5-8-25)17-18-29-20-24-15-13-23(14-16-24)12-11-22(2)30-31/h3-7,9-16,19,29-31H,2,8,17-18,20-21H2,1H3/b12-11+,26-3-. The van der Waals surface area contributed by atoms with Crippen molar-refractivity contribution >= 4 is 11.6 Å². The molecule has 0 aliphatic heterocycles. The Balaban J connectivity index is 1.45. The highest BCUT2D eigenvalue weighted by molar-refractivity contribution is 5.66. The van der Waals surface area contributed by atoms with Gasteiger partial charge in [-0.1, -0.05) is 73.4 Å². The number of hydrogen-bond acceptors (Lipinski definition) is 4. The number of rotatable bonds is 12. The van der Waals surface area contributed by atoms with E-state index in [1.54, 1.807) is 6.08 Å². The molecule has 0 saturated carbocycles. The first-order valence-corrected chi connectivity index (χ1v) is 11.0. The molecule has 0 spiro atoms. The van der Waals surface area contributed by atoms with Gasteiger partial charge in [-0.2, -0.15) is 0 Å². The molecule has 3 rings (SSSR count). The van der Waals surface area contributed by atoms with Gasteiger partial charge in [0.2, 0.25) is 0 Å². The summed E-state index contributed by atoms with van der Waals surface area (Å²) in [7, 11) is 0. The van der Waals surface area contributed by atoms with Crippen molar-refractivity contribution in [2.24, 2.45) is 0 Å². The van der Waals surface area contributed by atoms with Crippen LogP contribution in [0.25, 0.3) is 11.6 Å². The Morgan fingerprint density at radius 1 is 1.19 bits per heavy atom. The fourth-order valence-corrected chi connectivity index (χ4v) is 3.45. The van der Waals surface area contributed by atoms with E-state index in [-0.39, 0.29) is 0 Å². The molecule has 2 aromatic carbocycles. The van der Waals surface area contributed by atoms with Gasteiger partial charge < -0.3 is 10.1 Å². The quantitative estimate of drug-likeness (QED) is 0.219. The second kappa shape index (κ2) is 12.5. The van der Waals surface area contributed by atoms with Crippen molar-refractivity contribution in [3.05, 3.63) is 113 Å². The fraction of sp³-hybridized carbons (Fsp3) is 0.214. The maximum absolute atomic E-state index is 8.76. The third-order valence-corrected chi connectivity index (χ3v) is 5.33. The minimum atomic E-state index is 0.455. The molecule has 4 heteroatoms. The smallest absolute Gasteiger partial charge is 0.120 e. The van der Waals surface area contributed by atoms with E-state index in [0.717, 1.165) is 37.2 Å². The molecule has 0 aromatic heterocycles. The van der Waals surface area contributed by atoms with Gasteiger partial charge >= 0.3 is 0 Å². The summed E-state index contributed by atoms with van der Waals surface area (Å²) in [5.74, 6) is 0.912. The summed E-state index contributed by atoms with van der Waals surface area (Å²) in [6.45, 7) is 8.10. The zero-order valence-electron chi connectivity index (χ0n) is 18.7. The van der Waals surface area contributed by atoms with Crippen molar-refractivity contribution in [3.8, 4) is 5.75 Å². The third-order valence-electron chi connectivity index (χ3n) is 5.33. The number of hydroxylamine groups is 1. The highest BCUT2D eigenvalue weighted by Gasteiger charge is 2.05. The van der Waals surface area contributed by atoms with Crippen molar-refractivity contribution in [1.29, 1.82) is 0 Å². The number of nitrogens with one attached hydrogen (secondary N) is 2. The van der Waals surface area contributed by atoms with Crippen LogP contribution in [0.1, 0.15) is 36.5 Å². The van der Waals surface area contributed by atoms with E-state index in [0.29, 0.717) is 12.3 Å². The lowest BCUT2D eigenvalue weighted by atomic mass is 10.0. The molecule has 3 N–H and O–H groups in total. The van der Waals surface area contributed by atoms with Gasteiger partial charge in [-0.05, 0) is 72.4 Å². The van der Waals surface area contributed by atoms with E-state index in [4.69, 9.17) is 9.94 Å². The predicted molar refractivity (Wildman–Crippen MR) is 133 cm³/mol. The third kappa shape index (κ3) is 7.41. The second-order valence-electron chi connectivity index (χ2n) is 7.73. The minimum absolute atomic E-state index is 0.455. The summed E-state index contributed by atoms with van der Waals surface area (Å²) in [6.07, 6.45) is 14.1. The number of allylic oxidation sites excluding steroid dienone is 5. The van der Waals surface area contributed by atoms with Crippen molar-refractivity contribution in [2.45, 2.75) is 26.3 Å². The Hall–Kier alpha value is -3.34. The zero-order chi connectivity index (χ0) is 22.6. The lowest BCUT2D eigenvalue weighted by Gasteiger charge is -2.12. The van der Waals surface area contributed by atoms with E-state index < -0.39 is 0 Å². The molecule has 0 amide bonds. The Morgan fingerprint density at radius 2 is 2.03 bits per heavy atom. The first-order valence-electron chi connectivity index (χ1n) is 11.0. The first kappa shape index (κ1) is 23.3. The molecule has 0 atom stereocenters. The van der Waals surface area contributed by atoms with Crippen LogP contribution in [0, 0.1) is 0 Å². The van der Waals surface area contributed by atoms with Gasteiger partial charge in [0.1, 0.15) is 12.4 Å². The van der Waals surface area contributed by atoms with Crippen molar-refractivity contribution in [3.63, 3.8) is 0 Å². The SMILES string of the molecule is C=C(/C=C/c1ccc(CNCC/C(=C/C)c2cccc(OCC3=CC=CC3)c2)cc1)NO. The molecule has 32 heavy (non-hydrogen) atoms. The molecule has 0 unspecified atom stereocenters. The highest BCUT2D eigenvalue weighted by Crippen LogP contribution is 2.23. The van der Waals surface area contributed by atoms with Crippen molar-refractivity contribution < 1.29 is 9.94 Å². The second-order valence-corrected chi connectivity index (χ2v) is 7.73. The van der Waals surface area contributed by atoms with Gasteiger partial charge in [-0.25, -0.2) is 0 Å². The van der Waals surface area contributed by atoms with Crippen LogP contribution in [0.15, 0.2) is 96.8 Å². The molecule has 4 nitrogen and oxygen atoms in total. The summed E-state index contributed by atoms with van der Waals surface area (Å²) >= 11 is 0. The summed E-state index contributed by atoms with van der Waals surface area (Å²) in [5, 5.41) is 12.3. The molecule has 0 heterocycles. The van der Waals surface area contributed by atoms with Crippen molar-refractivity contribution in [2.75, 3.05) is 13.2 Å². The maximum atomic E-state index is 8.76. The largest absolute Gasteiger partial charge is 0.489 e. The number of hydrogen-bond donors (Lipinski definition) is 3. The van der Waals surface area contributed by atoms with Crippen LogP contribution >= 0.6 is 0 Å². The van der Waals surface area contributed by atoms with Crippen molar-refractivity contribution in [1.82, 2.24) is 10.8 Å². The molecular formula is C28H32N2O2. The van der Waals surface area contributed by atoms with E-state index in [1.807, 2.05) is 17.6 Å². The Bertz CT molecular complexity index is 1010. The maximum Gasteiger partial charge on any atom is 0.120 e. The molecule has 0 fully saturated rings. The van der Waals surface area contributed by atoms with Crippen LogP contribution in [-0.2, 0) is 6.54 Å². The number of benzene rings is 2. The molecular weight excluding hydrogens is 396 g/mol. The molecule has 166 valence electrons. The van der Waals surface area contributed by atoms with E-state index >= 15 is 0 Å². The average Bonchev–Trinajstić information content (AvgIpc) is 3.36. The predicted octanol–water partition coefficient (Wildman–Crippen LogP) is 6.04. The Labute approximate surface area is 191 Å². The first-order chi connectivity index (χ1) is 15.7. The molecule has 0 bridgehead atoms. The van der Waals surface area contributed by atoms with Gasteiger partial charge in [0.25, 0.3) is 0 Å². The van der Waals surface area contributed by atoms with E-state index in [2.05, 4.69) is 85.6 Å². The normalized spacial score (nSPS) is 13.4. The molecule has 0 saturated heterocycles. The zero-order valence-corrected chi connectivity index (χ0v) is 18.7. The minimum Gasteiger partial charge on any atom is -0.489 e. The molecule has 0 radical (unpaired) electrons. The van der Waals surface area contributed by atoms with Gasteiger partial charge in [-0.15, -0.1) is 0 Å². The van der Waals surface area contributed by atoms with Crippen LogP contribution in [0.2, 0.25) is 0 Å². The molecule has 1 aliphatic carbocycles. The molecule has 1 aliphatic rings. The Morgan fingerprint density at radius 3 is 2.75 bits per heavy atom. The Kier molecular flexibility index (Phi) is 9.11. The van der Waals surface area contributed by atoms with Crippen LogP contribution < -0.4 is 15.5 Å². The number of ether oxygens (including phenoxy) is 1. The van der Waals surface area contributed by atoms with Gasteiger partial charge in [0.05, 0.1) is 5.70 Å². The lowest BCUT2D eigenvalue weighted by Crippen LogP contribution is -2.15. The lowest BCUT2D eigenvalue weighted by molar-refractivity contribution is 0.205. The van der Waals surface area contributed by atoms with Gasteiger partial charge in [0, 0.05) is 6.54 Å².